The summed E-state index contributed by atoms with van der Waals surface area (Å²) in [7, 11) is 0. The summed E-state index contributed by atoms with van der Waals surface area (Å²) in [5.41, 5.74) is 7.93. The van der Waals surface area contributed by atoms with Gasteiger partial charge in [0.25, 0.3) is 0 Å². The zero-order chi connectivity index (χ0) is 9.97. The fourth-order valence-electron chi connectivity index (χ4n) is 2.25. The first kappa shape index (κ1) is 9.71. The van der Waals surface area contributed by atoms with Gasteiger partial charge < -0.3 is 5.73 Å². The second-order valence-corrected chi connectivity index (χ2v) is 4.22. The zero-order valence-electron chi connectivity index (χ0n) is 8.87. The van der Waals surface area contributed by atoms with E-state index in [-0.39, 0.29) is 0 Å². The Bertz CT molecular complexity index is 297. The second kappa shape index (κ2) is 4.13. The van der Waals surface area contributed by atoms with Crippen molar-refractivity contribution in [2.75, 3.05) is 0 Å². The van der Waals surface area contributed by atoms with Gasteiger partial charge >= 0.3 is 0 Å². The monoisotopic (exact) mass is 193 g/mol. The van der Waals surface area contributed by atoms with Gasteiger partial charge in [0, 0.05) is 18.3 Å². The van der Waals surface area contributed by atoms with Crippen LogP contribution < -0.4 is 5.73 Å². The minimum Gasteiger partial charge on any atom is -0.326 e. The van der Waals surface area contributed by atoms with E-state index in [1.54, 1.807) is 0 Å². The third-order valence-corrected chi connectivity index (χ3v) is 3.19. The van der Waals surface area contributed by atoms with Crippen LogP contribution >= 0.6 is 0 Å². The Morgan fingerprint density at radius 1 is 1.43 bits per heavy atom. The SMILES string of the molecule is Cc1nn(C2CCCCC2)cc1CN. The summed E-state index contributed by atoms with van der Waals surface area (Å²) in [5.74, 6) is 0. The molecule has 0 aliphatic heterocycles. The lowest BCUT2D eigenvalue weighted by Crippen LogP contribution is -2.13. The van der Waals surface area contributed by atoms with Gasteiger partial charge in [-0.1, -0.05) is 19.3 Å². The van der Waals surface area contributed by atoms with E-state index in [9.17, 15) is 0 Å². The molecule has 1 fully saturated rings. The van der Waals surface area contributed by atoms with Gasteiger partial charge in [-0.3, -0.25) is 4.68 Å². The van der Waals surface area contributed by atoms with Gasteiger partial charge in [0.2, 0.25) is 0 Å². The normalized spacial score (nSPS) is 18.7. The molecular weight excluding hydrogens is 174 g/mol. The molecule has 1 aliphatic carbocycles. The maximum atomic E-state index is 5.64. The van der Waals surface area contributed by atoms with E-state index in [0.29, 0.717) is 12.6 Å². The molecule has 1 saturated carbocycles. The molecule has 1 heterocycles. The minimum absolute atomic E-state index is 0.610. The number of aromatic nitrogens is 2. The van der Waals surface area contributed by atoms with E-state index < -0.39 is 0 Å². The number of rotatable bonds is 2. The van der Waals surface area contributed by atoms with Crippen LogP contribution in [0.4, 0.5) is 0 Å². The van der Waals surface area contributed by atoms with Crippen LogP contribution in [0.3, 0.4) is 0 Å². The van der Waals surface area contributed by atoms with E-state index in [4.69, 9.17) is 5.73 Å². The van der Waals surface area contributed by atoms with Crippen LogP contribution in [0.5, 0.6) is 0 Å². The van der Waals surface area contributed by atoms with Crippen molar-refractivity contribution in [3.63, 3.8) is 0 Å². The average molecular weight is 193 g/mol. The molecule has 0 bridgehead atoms. The Labute approximate surface area is 85.3 Å². The highest BCUT2D eigenvalue weighted by Crippen LogP contribution is 2.27. The highest BCUT2D eigenvalue weighted by molar-refractivity contribution is 5.15. The van der Waals surface area contributed by atoms with Crippen molar-refractivity contribution in [2.24, 2.45) is 5.73 Å². The van der Waals surface area contributed by atoms with Crippen molar-refractivity contribution < 1.29 is 0 Å². The maximum Gasteiger partial charge on any atom is 0.0638 e. The topological polar surface area (TPSA) is 43.8 Å². The lowest BCUT2D eigenvalue weighted by atomic mass is 9.96. The van der Waals surface area contributed by atoms with Crippen LogP contribution in [-0.2, 0) is 6.54 Å². The molecule has 0 spiro atoms. The predicted molar refractivity (Wildman–Crippen MR) is 57.0 cm³/mol. The largest absolute Gasteiger partial charge is 0.326 e. The third kappa shape index (κ3) is 1.82. The Hall–Kier alpha value is -0.830. The summed E-state index contributed by atoms with van der Waals surface area (Å²) in [6.45, 7) is 2.65. The summed E-state index contributed by atoms with van der Waals surface area (Å²) < 4.78 is 2.14. The van der Waals surface area contributed by atoms with Gasteiger partial charge in [0.05, 0.1) is 11.7 Å². The molecule has 0 atom stereocenters. The first-order valence-electron chi connectivity index (χ1n) is 5.56. The number of hydrogen-bond donors (Lipinski definition) is 1. The molecule has 2 rings (SSSR count). The van der Waals surface area contributed by atoms with Crippen LogP contribution in [0.25, 0.3) is 0 Å². The number of nitrogens with zero attached hydrogens (tertiary/aromatic N) is 2. The van der Waals surface area contributed by atoms with Gasteiger partial charge in [0.15, 0.2) is 0 Å². The number of hydrogen-bond acceptors (Lipinski definition) is 2. The summed E-state index contributed by atoms with van der Waals surface area (Å²) in [6, 6.07) is 0.628. The van der Waals surface area contributed by atoms with E-state index in [2.05, 4.69) is 16.0 Å². The molecule has 0 unspecified atom stereocenters. The van der Waals surface area contributed by atoms with Gasteiger partial charge in [-0.15, -0.1) is 0 Å². The molecule has 1 aromatic heterocycles. The van der Waals surface area contributed by atoms with E-state index in [1.165, 1.54) is 37.7 Å². The zero-order valence-corrected chi connectivity index (χ0v) is 8.87. The van der Waals surface area contributed by atoms with Gasteiger partial charge in [-0.05, 0) is 19.8 Å². The van der Waals surface area contributed by atoms with Crippen molar-refractivity contribution in [3.8, 4) is 0 Å². The Kier molecular flexibility index (Phi) is 2.87. The first-order valence-corrected chi connectivity index (χ1v) is 5.56. The molecule has 2 N–H and O–H groups in total. The minimum atomic E-state index is 0.610. The molecule has 0 aromatic carbocycles. The first-order chi connectivity index (χ1) is 6.81. The number of aryl methyl sites for hydroxylation is 1. The van der Waals surface area contributed by atoms with E-state index in [1.807, 2.05) is 6.92 Å². The van der Waals surface area contributed by atoms with Crippen LogP contribution in [0.15, 0.2) is 6.20 Å². The fraction of sp³-hybridized carbons (Fsp3) is 0.727. The summed E-state index contributed by atoms with van der Waals surface area (Å²) in [4.78, 5) is 0. The van der Waals surface area contributed by atoms with Crippen molar-refractivity contribution in [2.45, 2.75) is 51.6 Å². The van der Waals surface area contributed by atoms with Crippen molar-refractivity contribution in [1.82, 2.24) is 9.78 Å². The van der Waals surface area contributed by atoms with Gasteiger partial charge in [0.1, 0.15) is 0 Å². The third-order valence-electron chi connectivity index (χ3n) is 3.19. The van der Waals surface area contributed by atoms with Gasteiger partial charge in [-0.2, -0.15) is 5.10 Å². The molecule has 3 heteroatoms. The van der Waals surface area contributed by atoms with Crippen molar-refractivity contribution in [3.05, 3.63) is 17.5 Å². The molecule has 0 radical (unpaired) electrons. The van der Waals surface area contributed by atoms with E-state index in [0.717, 1.165) is 5.69 Å². The Morgan fingerprint density at radius 2 is 2.14 bits per heavy atom. The highest BCUT2D eigenvalue weighted by Gasteiger charge is 2.16. The Balaban J connectivity index is 2.14. The van der Waals surface area contributed by atoms with Crippen LogP contribution in [0.1, 0.15) is 49.4 Å². The lowest BCUT2D eigenvalue weighted by molar-refractivity contribution is 0.328. The maximum absolute atomic E-state index is 5.64. The summed E-state index contributed by atoms with van der Waals surface area (Å²) in [6.07, 6.45) is 8.78. The van der Waals surface area contributed by atoms with Crippen LogP contribution in [0.2, 0.25) is 0 Å². The lowest BCUT2D eigenvalue weighted by Gasteiger charge is -2.21. The second-order valence-electron chi connectivity index (χ2n) is 4.22. The number of nitrogens with two attached hydrogens (primary N) is 1. The summed E-state index contributed by atoms with van der Waals surface area (Å²) >= 11 is 0. The smallest absolute Gasteiger partial charge is 0.0638 e. The molecule has 0 saturated heterocycles. The van der Waals surface area contributed by atoms with Crippen LogP contribution in [0, 0.1) is 6.92 Å². The highest BCUT2D eigenvalue weighted by atomic mass is 15.3. The van der Waals surface area contributed by atoms with Crippen molar-refractivity contribution >= 4 is 0 Å². The molecule has 1 aromatic rings. The molecule has 14 heavy (non-hydrogen) atoms. The predicted octanol–water partition coefficient (Wildman–Crippen LogP) is 2.16. The molecular formula is C11H19N3. The molecule has 0 amide bonds. The van der Waals surface area contributed by atoms with Crippen molar-refractivity contribution in [1.29, 1.82) is 0 Å². The van der Waals surface area contributed by atoms with Crippen LogP contribution in [-0.4, -0.2) is 9.78 Å². The molecule has 3 nitrogen and oxygen atoms in total. The fourth-order valence-corrected chi connectivity index (χ4v) is 2.25. The average Bonchev–Trinajstić information content (AvgIpc) is 2.61. The van der Waals surface area contributed by atoms with Gasteiger partial charge in [-0.25, -0.2) is 0 Å². The van der Waals surface area contributed by atoms with E-state index >= 15 is 0 Å². The molecule has 78 valence electrons. The molecule has 1 aliphatic rings. The quantitative estimate of drug-likeness (QED) is 0.782. The standard InChI is InChI=1S/C11H19N3/c1-9-10(7-12)8-14(13-9)11-5-3-2-4-6-11/h8,11H,2-7,12H2,1H3. The Morgan fingerprint density at radius 3 is 2.71 bits per heavy atom. The summed E-state index contributed by atoms with van der Waals surface area (Å²) in [5, 5.41) is 4.54.